The summed E-state index contributed by atoms with van der Waals surface area (Å²) in [6.45, 7) is 4.17. The molecule has 0 radical (unpaired) electrons. The van der Waals surface area contributed by atoms with Gasteiger partial charge in [0, 0.05) is 28.9 Å². The lowest BCUT2D eigenvalue weighted by molar-refractivity contribution is 0.716. The number of para-hydroxylation sites is 1. The average Bonchev–Trinajstić information content (AvgIpc) is 2.43. The van der Waals surface area contributed by atoms with Crippen LogP contribution in [-0.4, -0.2) is 6.54 Å². The Morgan fingerprint density at radius 2 is 1.85 bits per heavy atom. The number of nitrogens with two attached hydrogens (primary N) is 1. The standard InChI is InChI=1S/C17H21BrN2/c1-2-3-9-20(17-7-5-4-6-8-17)13-14-10-15(18)12-16(19)11-14/h4-8,10-12H,2-3,9,13,19H2,1H3. The van der Waals surface area contributed by atoms with Gasteiger partial charge in [0.2, 0.25) is 0 Å². The van der Waals surface area contributed by atoms with Crippen molar-refractivity contribution < 1.29 is 0 Å². The second-order valence-corrected chi connectivity index (χ2v) is 5.92. The summed E-state index contributed by atoms with van der Waals surface area (Å²) < 4.78 is 1.04. The molecule has 106 valence electrons. The van der Waals surface area contributed by atoms with Crippen LogP contribution in [0.15, 0.2) is 53.0 Å². The topological polar surface area (TPSA) is 29.3 Å². The number of hydrogen-bond donors (Lipinski definition) is 1. The number of halogens is 1. The molecule has 0 saturated carbocycles. The van der Waals surface area contributed by atoms with Crippen LogP contribution in [-0.2, 0) is 6.54 Å². The molecule has 0 aromatic heterocycles. The highest BCUT2D eigenvalue weighted by molar-refractivity contribution is 9.10. The number of rotatable bonds is 6. The second kappa shape index (κ2) is 7.34. The maximum atomic E-state index is 5.93. The molecule has 20 heavy (non-hydrogen) atoms. The van der Waals surface area contributed by atoms with Crippen LogP contribution in [0.3, 0.4) is 0 Å². The fraction of sp³-hybridized carbons (Fsp3) is 0.294. The first kappa shape index (κ1) is 14.9. The minimum absolute atomic E-state index is 0.804. The maximum absolute atomic E-state index is 5.93. The summed E-state index contributed by atoms with van der Waals surface area (Å²) in [5.74, 6) is 0. The highest BCUT2D eigenvalue weighted by atomic mass is 79.9. The molecular weight excluding hydrogens is 312 g/mol. The SMILES string of the molecule is CCCCN(Cc1cc(N)cc(Br)c1)c1ccccc1. The Kier molecular flexibility index (Phi) is 5.48. The zero-order valence-corrected chi connectivity index (χ0v) is 13.4. The number of hydrogen-bond acceptors (Lipinski definition) is 2. The number of anilines is 2. The van der Waals surface area contributed by atoms with Crippen molar-refractivity contribution in [1.82, 2.24) is 0 Å². The third kappa shape index (κ3) is 4.27. The lowest BCUT2D eigenvalue weighted by atomic mass is 10.1. The largest absolute Gasteiger partial charge is 0.399 e. The summed E-state index contributed by atoms with van der Waals surface area (Å²) in [7, 11) is 0. The zero-order chi connectivity index (χ0) is 14.4. The molecule has 2 aromatic rings. The second-order valence-electron chi connectivity index (χ2n) is 5.00. The van der Waals surface area contributed by atoms with E-state index in [1.165, 1.54) is 24.1 Å². The summed E-state index contributed by atoms with van der Waals surface area (Å²) in [6, 6.07) is 16.7. The quantitative estimate of drug-likeness (QED) is 0.767. The Morgan fingerprint density at radius 3 is 2.50 bits per heavy atom. The predicted molar refractivity (Wildman–Crippen MR) is 91.0 cm³/mol. The van der Waals surface area contributed by atoms with Gasteiger partial charge in [0.25, 0.3) is 0 Å². The summed E-state index contributed by atoms with van der Waals surface area (Å²) >= 11 is 3.51. The number of unbranched alkanes of at least 4 members (excludes halogenated alkanes) is 1. The van der Waals surface area contributed by atoms with E-state index in [0.29, 0.717) is 0 Å². The first-order chi connectivity index (χ1) is 9.69. The third-order valence-corrected chi connectivity index (χ3v) is 3.71. The Morgan fingerprint density at radius 1 is 1.10 bits per heavy atom. The van der Waals surface area contributed by atoms with E-state index >= 15 is 0 Å². The molecule has 0 aliphatic rings. The van der Waals surface area contributed by atoms with Gasteiger partial charge in [-0.3, -0.25) is 0 Å². The van der Waals surface area contributed by atoms with Crippen molar-refractivity contribution in [2.75, 3.05) is 17.2 Å². The van der Waals surface area contributed by atoms with Crippen LogP contribution in [0.5, 0.6) is 0 Å². The smallest absolute Gasteiger partial charge is 0.0430 e. The molecule has 2 rings (SSSR count). The number of nitrogens with zero attached hydrogens (tertiary/aromatic N) is 1. The van der Waals surface area contributed by atoms with Crippen LogP contribution in [0.4, 0.5) is 11.4 Å². The normalized spacial score (nSPS) is 10.5. The number of benzene rings is 2. The predicted octanol–water partition coefficient (Wildman–Crippen LogP) is 4.84. The molecule has 0 unspecified atom stereocenters. The van der Waals surface area contributed by atoms with Crippen LogP contribution in [0.1, 0.15) is 25.3 Å². The van der Waals surface area contributed by atoms with Gasteiger partial charge in [-0.2, -0.15) is 0 Å². The summed E-state index contributed by atoms with van der Waals surface area (Å²) in [5.41, 5.74) is 9.23. The highest BCUT2D eigenvalue weighted by Gasteiger charge is 2.07. The van der Waals surface area contributed by atoms with Crippen molar-refractivity contribution in [3.8, 4) is 0 Å². The van der Waals surface area contributed by atoms with Gasteiger partial charge in [0.1, 0.15) is 0 Å². The Bertz CT molecular complexity index is 520. The summed E-state index contributed by atoms with van der Waals surface area (Å²) in [5, 5.41) is 0. The molecule has 2 aromatic carbocycles. The molecule has 2 nitrogen and oxygen atoms in total. The highest BCUT2D eigenvalue weighted by Crippen LogP contribution is 2.22. The van der Waals surface area contributed by atoms with E-state index < -0.39 is 0 Å². The van der Waals surface area contributed by atoms with Gasteiger partial charge < -0.3 is 10.6 Å². The van der Waals surface area contributed by atoms with Gasteiger partial charge in [-0.05, 0) is 42.3 Å². The molecule has 0 heterocycles. The molecule has 0 amide bonds. The van der Waals surface area contributed by atoms with Crippen molar-refractivity contribution in [2.45, 2.75) is 26.3 Å². The number of nitrogen functional groups attached to an aromatic ring is 1. The van der Waals surface area contributed by atoms with Crippen molar-refractivity contribution in [3.63, 3.8) is 0 Å². The van der Waals surface area contributed by atoms with Crippen LogP contribution >= 0.6 is 15.9 Å². The molecule has 2 N–H and O–H groups in total. The fourth-order valence-electron chi connectivity index (χ4n) is 2.27. The van der Waals surface area contributed by atoms with E-state index in [0.717, 1.165) is 23.2 Å². The molecule has 0 bridgehead atoms. The van der Waals surface area contributed by atoms with Gasteiger partial charge in [0.15, 0.2) is 0 Å². The van der Waals surface area contributed by atoms with Crippen molar-refractivity contribution in [2.24, 2.45) is 0 Å². The van der Waals surface area contributed by atoms with E-state index in [2.05, 4.69) is 64.2 Å². The van der Waals surface area contributed by atoms with E-state index in [1.807, 2.05) is 12.1 Å². The Hall–Kier alpha value is -1.48. The van der Waals surface area contributed by atoms with E-state index in [4.69, 9.17) is 5.73 Å². The molecule has 0 atom stereocenters. The van der Waals surface area contributed by atoms with Crippen LogP contribution in [0.25, 0.3) is 0 Å². The molecule has 0 spiro atoms. The van der Waals surface area contributed by atoms with Gasteiger partial charge in [-0.25, -0.2) is 0 Å². The lowest BCUT2D eigenvalue weighted by Gasteiger charge is -2.25. The van der Waals surface area contributed by atoms with Gasteiger partial charge >= 0.3 is 0 Å². The van der Waals surface area contributed by atoms with Crippen LogP contribution in [0, 0.1) is 0 Å². The van der Waals surface area contributed by atoms with E-state index in [-0.39, 0.29) is 0 Å². The monoisotopic (exact) mass is 332 g/mol. The average molecular weight is 333 g/mol. The van der Waals surface area contributed by atoms with Crippen molar-refractivity contribution in [1.29, 1.82) is 0 Å². The molecule has 0 saturated heterocycles. The Balaban J connectivity index is 2.19. The van der Waals surface area contributed by atoms with Gasteiger partial charge in [-0.15, -0.1) is 0 Å². The van der Waals surface area contributed by atoms with Crippen LogP contribution in [0.2, 0.25) is 0 Å². The molecule has 0 aliphatic heterocycles. The first-order valence-electron chi connectivity index (χ1n) is 7.04. The van der Waals surface area contributed by atoms with Crippen molar-refractivity contribution >= 4 is 27.3 Å². The van der Waals surface area contributed by atoms with Crippen LogP contribution < -0.4 is 10.6 Å². The van der Waals surface area contributed by atoms with Gasteiger partial charge in [-0.1, -0.05) is 47.5 Å². The lowest BCUT2D eigenvalue weighted by Crippen LogP contribution is -2.23. The summed E-state index contributed by atoms with van der Waals surface area (Å²) in [6.07, 6.45) is 2.39. The van der Waals surface area contributed by atoms with E-state index in [1.54, 1.807) is 0 Å². The summed E-state index contributed by atoms with van der Waals surface area (Å²) in [4.78, 5) is 2.41. The molecule has 3 heteroatoms. The maximum Gasteiger partial charge on any atom is 0.0430 e. The fourth-order valence-corrected chi connectivity index (χ4v) is 2.83. The van der Waals surface area contributed by atoms with Crippen molar-refractivity contribution in [3.05, 3.63) is 58.6 Å². The van der Waals surface area contributed by atoms with E-state index in [9.17, 15) is 0 Å². The third-order valence-electron chi connectivity index (χ3n) is 3.26. The first-order valence-corrected chi connectivity index (χ1v) is 7.83. The van der Waals surface area contributed by atoms with Gasteiger partial charge in [0.05, 0.1) is 0 Å². The zero-order valence-electron chi connectivity index (χ0n) is 11.8. The Labute approximate surface area is 129 Å². The molecule has 0 aliphatic carbocycles. The minimum Gasteiger partial charge on any atom is -0.399 e. The molecular formula is C17H21BrN2. The minimum atomic E-state index is 0.804. The molecule has 0 fully saturated rings.